The second kappa shape index (κ2) is 3.31. The number of alkyl halides is 1. The predicted octanol–water partition coefficient (Wildman–Crippen LogP) is 2.07. The number of hydrogen-bond donors (Lipinski definition) is 1. The van der Waals surface area contributed by atoms with E-state index in [9.17, 15) is 0 Å². The number of halogens is 1. The summed E-state index contributed by atoms with van der Waals surface area (Å²) in [5.74, 6) is 2.65. The van der Waals surface area contributed by atoms with E-state index < -0.39 is 0 Å². The number of ether oxygens (including phenoxy) is 2. The molecule has 5 heteroatoms. The molecule has 0 saturated carbocycles. The van der Waals surface area contributed by atoms with Crippen molar-refractivity contribution in [2.24, 2.45) is 0 Å². The molecule has 1 aromatic heterocycles. The van der Waals surface area contributed by atoms with Crippen molar-refractivity contribution in [2.75, 3.05) is 13.2 Å². The van der Waals surface area contributed by atoms with E-state index in [4.69, 9.17) is 21.1 Å². The Kier molecular flexibility index (Phi) is 1.95. The van der Waals surface area contributed by atoms with Gasteiger partial charge in [0, 0.05) is 12.1 Å². The quantitative estimate of drug-likeness (QED) is 0.755. The third kappa shape index (κ3) is 1.41. The van der Waals surface area contributed by atoms with Crippen LogP contribution in [0.3, 0.4) is 0 Å². The Morgan fingerprint density at radius 2 is 2.00 bits per heavy atom. The van der Waals surface area contributed by atoms with E-state index in [1.165, 1.54) is 0 Å². The van der Waals surface area contributed by atoms with Crippen molar-refractivity contribution in [3.63, 3.8) is 0 Å². The predicted molar refractivity (Wildman–Crippen MR) is 56.6 cm³/mol. The van der Waals surface area contributed by atoms with Crippen molar-refractivity contribution >= 4 is 22.6 Å². The number of aromatic amines is 1. The minimum atomic E-state index is 0.376. The van der Waals surface area contributed by atoms with Gasteiger partial charge in [0.25, 0.3) is 0 Å². The molecule has 0 amide bonds. The first-order chi connectivity index (χ1) is 7.36. The summed E-state index contributed by atoms with van der Waals surface area (Å²) in [5.41, 5.74) is 1.78. The molecule has 78 valence electrons. The molecule has 0 fully saturated rings. The molecule has 0 aliphatic carbocycles. The molecule has 1 aliphatic rings. The fourth-order valence-electron chi connectivity index (χ4n) is 1.66. The van der Waals surface area contributed by atoms with Gasteiger partial charge in [-0.3, -0.25) is 0 Å². The van der Waals surface area contributed by atoms with Gasteiger partial charge in [-0.2, -0.15) is 0 Å². The molecule has 0 atom stereocenters. The molecule has 1 N–H and O–H groups in total. The summed E-state index contributed by atoms with van der Waals surface area (Å²) < 4.78 is 10.9. The summed E-state index contributed by atoms with van der Waals surface area (Å²) in [6.45, 7) is 1.18. The van der Waals surface area contributed by atoms with Crippen LogP contribution in [0, 0.1) is 0 Å². The first kappa shape index (κ1) is 8.85. The summed E-state index contributed by atoms with van der Waals surface area (Å²) in [7, 11) is 0. The standard InChI is InChI=1S/C10H9ClN2O2/c11-5-10-12-6-3-8-9(4-7(6)13-10)15-2-1-14-8/h3-4H,1-2,5H2,(H,12,13). The highest BCUT2D eigenvalue weighted by molar-refractivity contribution is 6.16. The SMILES string of the molecule is ClCc1nc2cc3c(cc2[nH]1)OCCO3. The van der Waals surface area contributed by atoms with E-state index in [1.807, 2.05) is 12.1 Å². The van der Waals surface area contributed by atoms with E-state index >= 15 is 0 Å². The van der Waals surface area contributed by atoms with E-state index in [-0.39, 0.29) is 0 Å². The lowest BCUT2D eigenvalue weighted by molar-refractivity contribution is 0.172. The van der Waals surface area contributed by atoms with Gasteiger partial charge in [-0.25, -0.2) is 4.98 Å². The molecular weight excluding hydrogens is 216 g/mol. The maximum Gasteiger partial charge on any atom is 0.163 e. The van der Waals surface area contributed by atoms with Crippen LogP contribution >= 0.6 is 11.6 Å². The number of nitrogens with zero attached hydrogens (tertiary/aromatic N) is 1. The third-order valence-electron chi connectivity index (χ3n) is 2.32. The zero-order valence-corrected chi connectivity index (χ0v) is 8.67. The number of nitrogens with one attached hydrogen (secondary N) is 1. The van der Waals surface area contributed by atoms with Gasteiger partial charge in [0.15, 0.2) is 11.5 Å². The fourth-order valence-corrected chi connectivity index (χ4v) is 1.79. The van der Waals surface area contributed by atoms with Crippen LogP contribution in [-0.4, -0.2) is 23.2 Å². The van der Waals surface area contributed by atoms with E-state index in [0.29, 0.717) is 19.1 Å². The van der Waals surface area contributed by atoms with Crippen LogP contribution in [-0.2, 0) is 5.88 Å². The highest BCUT2D eigenvalue weighted by Gasteiger charge is 2.14. The van der Waals surface area contributed by atoms with Crippen LogP contribution in [0.15, 0.2) is 12.1 Å². The molecule has 2 heterocycles. The van der Waals surface area contributed by atoms with Crippen LogP contribution in [0.2, 0.25) is 0 Å². The highest BCUT2D eigenvalue weighted by atomic mass is 35.5. The number of fused-ring (bicyclic) bond motifs is 2. The molecule has 4 nitrogen and oxygen atoms in total. The smallest absolute Gasteiger partial charge is 0.163 e. The van der Waals surface area contributed by atoms with E-state index in [1.54, 1.807) is 0 Å². The molecule has 3 rings (SSSR count). The minimum Gasteiger partial charge on any atom is -0.486 e. The van der Waals surface area contributed by atoms with Crippen molar-refractivity contribution < 1.29 is 9.47 Å². The number of aromatic nitrogens is 2. The Morgan fingerprint density at radius 3 is 2.73 bits per heavy atom. The van der Waals surface area contributed by atoms with E-state index in [2.05, 4.69) is 9.97 Å². The van der Waals surface area contributed by atoms with Crippen molar-refractivity contribution in [2.45, 2.75) is 5.88 Å². The number of rotatable bonds is 1. The van der Waals surface area contributed by atoms with Gasteiger partial charge in [-0.15, -0.1) is 11.6 Å². The Bertz CT molecular complexity index is 466. The summed E-state index contributed by atoms with van der Waals surface area (Å²) in [6, 6.07) is 3.77. The normalized spacial score (nSPS) is 14.5. The lowest BCUT2D eigenvalue weighted by atomic mass is 10.2. The van der Waals surface area contributed by atoms with Gasteiger partial charge in [0.2, 0.25) is 0 Å². The molecule has 0 saturated heterocycles. The van der Waals surface area contributed by atoms with Crippen LogP contribution in [0.4, 0.5) is 0 Å². The molecule has 1 aromatic carbocycles. The van der Waals surface area contributed by atoms with Gasteiger partial charge in [0.1, 0.15) is 19.0 Å². The Labute approximate surface area is 91.2 Å². The minimum absolute atomic E-state index is 0.376. The largest absolute Gasteiger partial charge is 0.486 e. The van der Waals surface area contributed by atoms with Gasteiger partial charge >= 0.3 is 0 Å². The van der Waals surface area contributed by atoms with Gasteiger partial charge < -0.3 is 14.5 Å². The molecule has 0 radical (unpaired) electrons. The summed E-state index contributed by atoms with van der Waals surface area (Å²) in [4.78, 5) is 7.43. The summed E-state index contributed by atoms with van der Waals surface area (Å²) in [6.07, 6.45) is 0. The van der Waals surface area contributed by atoms with Gasteiger partial charge in [-0.1, -0.05) is 0 Å². The molecule has 1 aliphatic heterocycles. The number of imidazole rings is 1. The number of hydrogen-bond acceptors (Lipinski definition) is 3. The molecule has 15 heavy (non-hydrogen) atoms. The van der Waals surface area contributed by atoms with Crippen molar-refractivity contribution in [1.82, 2.24) is 9.97 Å². The monoisotopic (exact) mass is 224 g/mol. The number of benzene rings is 1. The third-order valence-corrected chi connectivity index (χ3v) is 2.57. The average Bonchev–Trinajstić information content (AvgIpc) is 2.67. The van der Waals surface area contributed by atoms with Crippen molar-refractivity contribution in [3.8, 4) is 11.5 Å². The molecule has 0 spiro atoms. The van der Waals surface area contributed by atoms with Crippen LogP contribution in [0.1, 0.15) is 5.82 Å². The lowest BCUT2D eigenvalue weighted by Crippen LogP contribution is -2.15. The number of H-pyrrole nitrogens is 1. The zero-order chi connectivity index (χ0) is 10.3. The van der Waals surface area contributed by atoms with Crippen LogP contribution < -0.4 is 9.47 Å². The van der Waals surface area contributed by atoms with Crippen molar-refractivity contribution in [1.29, 1.82) is 0 Å². The average molecular weight is 225 g/mol. The molecule has 0 unspecified atom stereocenters. The highest BCUT2D eigenvalue weighted by Crippen LogP contribution is 2.33. The molecule has 2 aromatic rings. The van der Waals surface area contributed by atoms with Gasteiger partial charge in [0.05, 0.1) is 16.9 Å². The molecular formula is C10H9ClN2O2. The molecule has 0 bridgehead atoms. The first-order valence-corrected chi connectivity index (χ1v) is 5.24. The zero-order valence-electron chi connectivity index (χ0n) is 7.92. The summed E-state index contributed by atoms with van der Waals surface area (Å²) in [5, 5.41) is 0. The maximum atomic E-state index is 5.70. The van der Waals surface area contributed by atoms with Crippen molar-refractivity contribution in [3.05, 3.63) is 18.0 Å². The maximum absolute atomic E-state index is 5.70. The first-order valence-electron chi connectivity index (χ1n) is 4.71. The second-order valence-corrected chi connectivity index (χ2v) is 3.60. The Morgan fingerprint density at radius 1 is 1.27 bits per heavy atom. The van der Waals surface area contributed by atoms with E-state index in [0.717, 1.165) is 28.4 Å². The summed E-state index contributed by atoms with van der Waals surface area (Å²) >= 11 is 5.70. The fraction of sp³-hybridized carbons (Fsp3) is 0.300. The van der Waals surface area contributed by atoms with Gasteiger partial charge in [-0.05, 0) is 0 Å². The Hall–Kier alpha value is -1.42. The second-order valence-electron chi connectivity index (χ2n) is 3.33. The lowest BCUT2D eigenvalue weighted by Gasteiger charge is -2.17. The van der Waals surface area contributed by atoms with Crippen LogP contribution in [0.25, 0.3) is 11.0 Å². The topological polar surface area (TPSA) is 47.1 Å². The Balaban J connectivity index is 2.19. The van der Waals surface area contributed by atoms with Crippen LogP contribution in [0.5, 0.6) is 11.5 Å².